The van der Waals surface area contributed by atoms with Crippen LogP contribution in [0.25, 0.3) is 0 Å². The van der Waals surface area contributed by atoms with E-state index in [-0.39, 0.29) is 11.6 Å². The highest BCUT2D eigenvalue weighted by molar-refractivity contribution is 5.33. The molecular weight excluding hydrogens is 246 g/mol. The van der Waals surface area contributed by atoms with E-state index in [2.05, 4.69) is 36.1 Å². The summed E-state index contributed by atoms with van der Waals surface area (Å²) in [5.74, 6) is 0. The van der Waals surface area contributed by atoms with Crippen LogP contribution >= 0.6 is 0 Å². The standard InChI is InChI=1S/C18H27NO/c1-15-8-3-4-10-17(15)18(11-5-2-6-12-18)19-13-7-9-16(20)14-19/h3-4,8,10,16,20H,2,5-7,9,11-14H2,1H3. The summed E-state index contributed by atoms with van der Waals surface area (Å²) in [7, 11) is 0. The van der Waals surface area contributed by atoms with Gasteiger partial charge < -0.3 is 5.11 Å². The molecule has 0 aromatic heterocycles. The number of hydrogen-bond acceptors (Lipinski definition) is 2. The average Bonchev–Trinajstić information content (AvgIpc) is 2.48. The molecule has 1 unspecified atom stereocenters. The number of aliphatic hydroxyl groups excluding tert-OH is 1. The summed E-state index contributed by atoms with van der Waals surface area (Å²) >= 11 is 0. The predicted octanol–water partition coefficient (Wildman–Crippen LogP) is 3.61. The van der Waals surface area contributed by atoms with Gasteiger partial charge in [0.1, 0.15) is 0 Å². The predicted molar refractivity (Wildman–Crippen MR) is 82.8 cm³/mol. The van der Waals surface area contributed by atoms with Crippen LogP contribution in [0, 0.1) is 6.92 Å². The highest BCUT2D eigenvalue weighted by Crippen LogP contribution is 2.44. The van der Waals surface area contributed by atoms with Gasteiger partial charge in [-0.2, -0.15) is 0 Å². The lowest BCUT2D eigenvalue weighted by molar-refractivity contribution is -0.0215. The van der Waals surface area contributed by atoms with Crippen LogP contribution in [-0.4, -0.2) is 29.2 Å². The Kier molecular flexibility index (Phi) is 4.13. The molecule has 1 aliphatic heterocycles. The minimum absolute atomic E-state index is 0.133. The van der Waals surface area contributed by atoms with E-state index in [1.165, 1.54) is 43.2 Å². The molecule has 2 nitrogen and oxygen atoms in total. The van der Waals surface area contributed by atoms with Gasteiger partial charge in [0.15, 0.2) is 0 Å². The second-order valence-electron chi connectivity index (χ2n) is 6.65. The Labute approximate surface area is 122 Å². The van der Waals surface area contributed by atoms with Crippen molar-refractivity contribution in [3.63, 3.8) is 0 Å². The van der Waals surface area contributed by atoms with Gasteiger partial charge in [0.25, 0.3) is 0 Å². The zero-order valence-corrected chi connectivity index (χ0v) is 12.6. The lowest BCUT2D eigenvalue weighted by Gasteiger charge is -2.50. The molecule has 2 fully saturated rings. The Morgan fingerprint density at radius 2 is 1.85 bits per heavy atom. The molecule has 0 radical (unpaired) electrons. The summed E-state index contributed by atoms with van der Waals surface area (Å²) in [6, 6.07) is 8.88. The first-order valence-electron chi connectivity index (χ1n) is 8.22. The molecule has 1 aromatic carbocycles. The van der Waals surface area contributed by atoms with E-state index in [0.717, 1.165) is 25.9 Å². The molecule has 2 aliphatic rings. The second-order valence-corrected chi connectivity index (χ2v) is 6.65. The van der Waals surface area contributed by atoms with Crippen molar-refractivity contribution in [1.29, 1.82) is 0 Å². The van der Waals surface area contributed by atoms with Crippen molar-refractivity contribution in [2.45, 2.75) is 63.5 Å². The van der Waals surface area contributed by atoms with Gasteiger partial charge in [-0.05, 0) is 50.3 Å². The molecule has 0 amide bonds. The van der Waals surface area contributed by atoms with Crippen LogP contribution in [-0.2, 0) is 5.54 Å². The first-order valence-corrected chi connectivity index (χ1v) is 8.22. The number of rotatable bonds is 2. The number of nitrogens with zero attached hydrogens (tertiary/aromatic N) is 1. The zero-order valence-electron chi connectivity index (χ0n) is 12.6. The average molecular weight is 273 g/mol. The summed E-state index contributed by atoms with van der Waals surface area (Å²) in [4.78, 5) is 2.60. The van der Waals surface area contributed by atoms with E-state index in [9.17, 15) is 5.11 Å². The van der Waals surface area contributed by atoms with Crippen molar-refractivity contribution in [3.05, 3.63) is 35.4 Å². The molecule has 1 atom stereocenters. The Balaban J connectivity index is 1.98. The topological polar surface area (TPSA) is 23.5 Å². The van der Waals surface area contributed by atoms with Crippen molar-refractivity contribution in [2.75, 3.05) is 13.1 Å². The van der Waals surface area contributed by atoms with Gasteiger partial charge in [0.2, 0.25) is 0 Å². The molecule has 2 heteroatoms. The van der Waals surface area contributed by atoms with E-state index < -0.39 is 0 Å². The van der Waals surface area contributed by atoms with Crippen LogP contribution in [0.5, 0.6) is 0 Å². The molecule has 0 spiro atoms. The van der Waals surface area contributed by atoms with E-state index in [1.54, 1.807) is 0 Å². The van der Waals surface area contributed by atoms with Gasteiger partial charge in [0, 0.05) is 12.1 Å². The van der Waals surface area contributed by atoms with E-state index in [1.807, 2.05) is 0 Å². The number of benzene rings is 1. The van der Waals surface area contributed by atoms with Crippen molar-refractivity contribution >= 4 is 0 Å². The summed E-state index contributed by atoms with van der Waals surface area (Å²) in [6.45, 7) is 4.24. The molecular formula is C18H27NO. The van der Waals surface area contributed by atoms with Gasteiger partial charge in [-0.15, -0.1) is 0 Å². The third-order valence-electron chi connectivity index (χ3n) is 5.33. The van der Waals surface area contributed by atoms with Crippen LogP contribution in [0.2, 0.25) is 0 Å². The monoisotopic (exact) mass is 273 g/mol. The molecule has 3 rings (SSSR count). The number of hydrogen-bond donors (Lipinski definition) is 1. The number of β-amino-alcohol motifs (C(OH)–C–C–N with tert-alkyl or cyclic N) is 1. The van der Waals surface area contributed by atoms with E-state index in [0.29, 0.717) is 0 Å². The Bertz CT molecular complexity index is 450. The fraction of sp³-hybridized carbons (Fsp3) is 0.667. The Morgan fingerprint density at radius 1 is 1.10 bits per heavy atom. The molecule has 1 saturated carbocycles. The molecule has 1 heterocycles. The Hall–Kier alpha value is -0.860. The van der Waals surface area contributed by atoms with Crippen molar-refractivity contribution in [2.24, 2.45) is 0 Å². The van der Waals surface area contributed by atoms with Crippen LogP contribution in [0.15, 0.2) is 24.3 Å². The summed E-state index contributed by atoms with van der Waals surface area (Å²) in [6.07, 6.45) is 8.49. The number of aliphatic hydroxyl groups is 1. The van der Waals surface area contributed by atoms with E-state index in [4.69, 9.17) is 0 Å². The SMILES string of the molecule is Cc1ccccc1C1(N2CCCC(O)C2)CCCCC1. The third kappa shape index (κ3) is 2.51. The quantitative estimate of drug-likeness (QED) is 0.890. The van der Waals surface area contributed by atoms with Crippen LogP contribution in [0.4, 0.5) is 0 Å². The largest absolute Gasteiger partial charge is 0.392 e. The maximum atomic E-state index is 10.1. The second kappa shape index (κ2) is 5.87. The molecule has 1 saturated heterocycles. The minimum atomic E-state index is -0.133. The lowest BCUT2D eigenvalue weighted by atomic mass is 9.73. The number of piperidine rings is 1. The Morgan fingerprint density at radius 3 is 2.55 bits per heavy atom. The van der Waals surface area contributed by atoms with Gasteiger partial charge in [0.05, 0.1) is 6.10 Å². The van der Waals surface area contributed by atoms with Crippen LogP contribution < -0.4 is 0 Å². The molecule has 1 N–H and O–H groups in total. The maximum Gasteiger partial charge on any atom is 0.0667 e. The third-order valence-corrected chi connectivity index (χ3v) is 5.33. The lowest BCUT2D eigenvalue weighted by Crippen LogP contribution is -2.53. The smallest absolute Gasteiger partial charge is 0.0667 e. The highest BCUT2D eigenvalue weighted by Gasteiger charge is 2.41. The zero-order chi connectivity index (χ0) is 14.0. The summed E-state index contributed by atoms with van der Waals surface area (Å²) in [5, 5.41) is 10.1. The summed E-state index contributed by atoms with van der Waals surface area (Å²) in [5.41, 5.74) is 3.11. The molecule has 110 valence electrons. The van der Waals surface area contributed by atoms with Crippen LogP contribution in [0.1, 0.15) is 56.1 Å². The number of aryl methyl sites for hydroxylation is 1. The first kappa shape index (κ1) is 14.1. The number of likely N-dealkylation sites (tertiary alicyclic amines) is 1. The molecule has 20 heavy (non-hydrogen) atoms. The molecule has 1 aromatic rings. The van der Waals surface area contributed by atoms with Crippen molar-refractivity contribution in [1.82, 2.24) is 4.90 Å². The van der Waals surface area contributed by atoms with E-state index >= 15 is 0 Å². The van der Waals surface area contributed by atoms with Gasteiger partial charge >= 0.3 is 0 Å². The van der Waals surface area contributed by atoms with Crippen LogP contribution in [0.3, 0.4) is 0 Å². The minimum Gasteiger partial charge on any atom is -0.392 e. The van der Waals surface area contributed by atoms with Crippen molar-refractivity contribution in [3.8, 4) is 0 Å². The van der Waals surface area contributed by atoms with Gasteiger partial charge in [-0.3, -0.25) is 4.90 Å². The first-order chi connectivity index (χ1) is 9.72. The maximum absolute atomic E-state index is 10.1. The molecule has 1 aliphatic carbocycles. The summed E-state index contributed by atoms with van der Waals surface area (Å²) < 4.78 is 0. The van der Waals surface area contributed by atoms with Gasteiger partial charge in [-0.25, -0.2) is 0 Å². The highest BCUT2D eigenvalue weighted by atomic mass is 16.3. The van der Waals surface area contributed by atoms with Gasteiger partial charge in [-0.1, -0.05) is 43.5 Å². The fourth-order valence-electron chi connectivity index (χ4n) is 4.33. The fourth-order valence-corrected chi connectivity index (χ4v) is 4.33. The molecule has 0 bridgehead atoms. The normalized spacial score (nSPS) is 27.4. The van der Waals surface area contributed by atoms with Crippen molar-refractivity contribution < 1.29 is 5.11 Å².